The van der Waals surface area contributed by atoms with E-state index in [0.29, 0.717) is 0 Å². The first-order chi connectivity index (χ1) is 12.7. The summed E-state index contributed by atoms with van der Waals surface area (Å²) in [5, 5.41) is 14.6. The van der Waals surface area contributed by atoms with Gasteiger partial charge in [0.2, 0.25) is 0 Å². The van der Waals surface area contributed by atoms with Crippen LogP contribution in [0.1, 0.15) is 30.2 Å². The normalized spacial score (nSPS) is 14.5. The molecule has 0 radical (unpaired) electrons. The van der Waals surface area contributed by atoms with Crippen LogP contribution in [-0.2, 0) is 0 Å². The summed E-state index contributed by atoms with van der Waals surface area (Å²) in [5.41, 5.74) is 2.17. The van der Waals surface area contributed by atoms with Crippen molar-refractivity contribution in [3.63, 3.8) is 0 Å². The molecular formula is C23H25NOS. The highest BCUT2D eigenvalue weighted by Gasteiger charge is 2.23. The molecule has 0 spiro atoms. The summed E-state index contributed by atoms with van der Waals surface area (Å²) < 4.78 is 0. The van der Waals surface area contributed by atoms with Crippen molar-refractivity contribution in [1.82, 2.24) is 5.32 Å². The minimum atomic E-state index is -0.557. The molecule has 0 aliphatic carbocycles. The van der Waals surface area contributed by atoms with E-state index in [2.05, 4.69) is 48.6 Å². The smallest absolute Gasteiger partial charge is 0.0951 e. The van der Waals surface area contributed by atoms with Crippen LogP contribution >= 0.6 is 11.8 Å². The SMILES string of the molecule is C[C@H](N[C@@H](CSc1ccccc1)[C@H](O)c1ccccc1)c1ccccc1. The van der Waals surface area contributed by atoms with E-state index in [4.69, 9.17) is 0 Å². The van der Waals surface area contributed by atoms with Crippen molar-refractivity contribution in [3.05, 3.63) is 102 Å². The molecule has 0 saturated carbocycles. The molecule has 26 heavy (non-hydrogen) atoms. The van der Waals surface area contributed by atoms with Gasteiger partial charge in [-0.1, -0.05) is 78.9 Å². The van der Waals surface area contributed by atoms with Crippen molar-refractivity contribution < 1.29 is 5.11 Å². The molecule has 0 aliphatic heterocycles. The molecule has 134 valence electrons. The lowest BCUT2D eigenvalue weighted by Gasteiger charge is -2.28. The molecule has 0 aromatic heterocycles. The van der Waals surface area contributed by atoms with Crippen LogP contribution in [0.25, 0.3) is 0 Å². The lowest BCUT2D eigenvalue weighted by Crippen LogP contribution is -2.38. The predicted octanol–water partition coefficient (Wildman–Crippen LogP) is 5.23. The standard InChI is InChI=1S/C23H25NOS/c1-18(19-11-5-2-6-12-19)24-22(17-26-21-15-9-4-10-16-21)23(25)20-13-7-3-8-14-20/h2-16,18,22-25H,17H2,1H3/t18-,22-,23+/m0/s1. The van der Waals surface area contributed by atoms with Crippen LogP contribution in [0, 0.1) is 0 Å². The number of hydrogen-bond donors (Lipinski definition) is 2. The second kappa shape index (κ2) is 9.58. The van der Waals surface area contributed by atoms with E-state index in [0.717, 1.165) is 11.3 Å². The van der Waals surface area contributed by atoms with Crippen molar-refractivity contribution in [2.45, 2.75) is 30.0 Å². The Morgan fingerprint density at radius 3 is 1.85 bits per heavy atom. The molecule has 0 heterocycles. The summed E-state index contributed by atoms with van der Waals surface area (Å²) in [5.74, 6) is 0.789. The predicted molar refractivity (Wildman–Crippen MR) is 110 cm³/mol. The van der Waals surface area contributed by atoms with E-state index in [-0.39, 0.29) is 12.1 Å². The average Bonchev–Trinajstić information content (AvgIpc) is 2.72. The molecule has 3 atom stereocenters. The quantitative estimate of drug-likeness (QED) is 0.537. The Kier molecular flexibility index (Phi) is 6.89. The highest BCUT2D eigenvalue weighted by molar-refractivity contribution is 7.99. The number of aliphatic hydroxyl groups is 1. The third-order valence-corrected chi connectivity index (χ3v) is 5.59. The Morgan fingerprint density at radius 2 is 1.27 bits per heavy atom. The molecule has 0 saturated heterocycles. The van der Waals surface area contributed by atoms with Gasteiger partial charge in [-0.15, -0.1) is 11.8 Å². The number of nitrogens with one attached hydrogen (secondary N) is 1. The molecule has 2 N–H and O–H groups in total. The Bertz CT molecular complexity index is 764. The molecule has 3 rings (SSSR count). The maximum absolute atomic E-state index is 11.0. The zero-order valence-electron chi connectivity index (χ0n) is 15.0. The van der Waals surface area contributed by atoms with Crippen molar-refractivity contribution >= 4 is 11.8 Å². The van der Waals surface area contributed by atoms with Crippen molar-refractivity contribution in [2.24, 2.45) is 0 Å². The first-order valence-electron chi connectivity index (χ1n) is 8.96. The molecule has 2 nitrogen and oxygen atoms in total. The van der Waals surface area contributed by atoms with Crippen LogP contribution in [0.15, 0.2) is 95.9 Å². The van der Waals surface area contributed by atoms with Gasteiger partial charge in [0.25, 0.3) is 0 Å². The zero-order chi connectivity index (χ0) is 18.2. The van der Waals surface area contributed by atoms with Gasteiger partial charge in [0.15, 0.2) is 0 Å². The maximum atomic E-state index is 11.0. The molecular weight excluding hydrogens is 338 g/mol. The van der Waals surface area contributed by atoms with Gasteiger partial charge in [-0.2, -0.15) is 0 Å². The molecule has 0 fully saturated rings. The minimum absolute atomic E-state index is 0.0576. The molecule has 3 heteroatoms. The van der Waals surface area contributed by atoms with Crippen LogP contribution in [0.4, 0.5) is 0 Å². The van der Waals surface area contributed by atoms with E-state index < -0.39 is 6.10 Å². The largest absolute Gasteiger partial charge is 0.387 e. The average molecular weight is 364 g/mol. The third-order valence-electron chi connectivity index (χ3n) is 4.46. The Morgan fingerprint density at radius 1 is 0.769 bits per heavy atom. The highest BCUT2D eigenvalue weighted by Crippen LogP contribution is 2.26. The third kappa shape index (κ3) is 5.21. The fourth-order valence-electron chi connectivity index (χ4n) is 2.97. The van der Waals surface area contributed by atoms with Crippen molar-refractivity contribution in [3.8, 4) is 0 Å². The fraction of sp³-hybridized carbons (Fsp3) is 0.217. The monoisotopic (exact) mass is 363 g/mol. The fourth-order valence-corrected chi connectivity index (χ4v) is 3.97. The second-order valence-corrected chi connectivity index (χ2v) is 7.48. The molecule has 0 aliphatic rings. The van der Waals surface area contributed by atoms with Gasteiger partial charge in [0.1, 0.15) is 0 Å². The molecule has 0 unspecified atom stereocenters. The van der Waals surface area contributed by atoms with Crippen LogP contribution in [0.3, 0.4) is 0 Å². The Hall–Kier alpha value is -2.07. The van der Waals surface area contributed by atoms with Crippen LogP contribution in [-0.4, -0.2) is 16.9 Å². The summed E-state index contributed by atoms with van der Waals surface area (Å²) in [6.07, 6.45) is -0.557. The maximum Gasteiger partial charge on any atom is 0.0951 e. The second-order valence-electron chi connectivity index (χ2n) is 6.39. The molecule has 3 aromatic rings. The summed E-state index contributed by atoms with van der Waals surface area (Å²) in [7, 11) is 0. The van der Waals surface area contributed by atoms with Gasteiger partial charge in [0, 0.05) is 22.7 Å². The number of hydrogen-bond acceptors (Lipinski definition) is 3. The molecule has 0 amide bonds. The van der Waals surface area contributed by atoms with Gasteiger partial charge in [0.05, 0.1) is 6.10 Å². The van der Waals surface area contributed by atoms with E-state index in [1.165, 1.54) is 10.5 Å². The van der Waals surface area contributed by atoms with Gasteiger partial charge >= 0.3 is 0 Å². The lowest BCUT2D eigenvalue weighted by molar-refractivity contribution is 0.132. The first kappa shape index (κ1) is 18.7. The summed E-state index contributed by atoms with van der Waals surface area (Å²) in [4.78, 5) is 1.21. The highest BCUT2D eigenvalue weighted by atomic mass is 32.2. The summed E-state index contributed by atoms with van der Waals surface area (Å²) in [6, 6.07) is 30.7. The van der Waals surface area contributed by atoms with E-state index in [9.17, 15) is 5.11 Å². The molecule has 0 bridgehead atoms. The van der Waals surface area contributed by atoms with Crippen molar-refractivity contribution in [1.29, 1.82) is 0 Å². The van der Waals surface area contributed by atoms with Gasteiger partial charge in [-0.05, 0) is 30.2 Å². The van der Waals surface area contributed by atoms with Crippen LogP contribution in [0.2, 0.25) is 0 Å². The van der Waals surface area contributed by atoms with Crippen LogP contribution in [0.5, 0.6) is 0 Å². The minimum Gasteiger partial charge on any atom is -0.387 e. The number of thioether (sulfide) groups is 1. The number of rotatable bonds is 8. The topological polar surface area (TPSA) is 32.3 Å². The summed E-state index contributed by atoms with van der Waals surface area (Å²) in [6.45, 7) is 2.15. The molecule has 3 aromatic carbocycles. The first-order valence-corrected chi connectivity index (χ1v) is 9.94. The van der Waals surface area contributed by atoms with E-state index in [1.54, 1.807) is 11.8 Å². The van der Waals surface area contributed by atoms with Crippen LogP contribution < -0.4 is 5.32 Å². The zero-order valence-corrected chi connectivity index (χ0v) is 15.8. The number of benzene rings is 3. The summed E-state index contributed by atoms with van der Waals surface area (Å²) >= 11 is 1.77. The lowest BCUT2D eigenvalue weighted by atomic mass is 10.0. The van der Waals surface area contributed by atoms with Gasteiger partial charge < -0.3 is 10.4 Å². The van der Waals surface area contributed by atoms with Gasteiger partial charge in [-0.3, -0.25) is 0 Å². The van der Waals surface area contributed by atoms with E-state index >= 15 is 0 Å². The van der Waals surface area contributed by atoms with Gasteiger partial charge in [-0.25, -0.2) is 0 Å². The number of aliphatic hydroxyl groups excluding tert-OH is 1. The Balaban J connectivity index is 1.74. The Labute approximate surface area is 160 Å². The van der Waals surface area contributed by atoms with Crippen molar-refractivity contribution in [2.75, 3.05) is 5.75 Å². The van der Waals surface area contributed by atoms with E-state index in [1.807, 2.05) is 54.6 Å².